The van der Waals surface area contributed by atoms with Gasteiger partial charge in [0.25, 0.3) is 5.91 Å². The second-order valence-corrected chi connectivity index (χ2v) is 6.17. The average Bonchev–Trinajstić information content (AvgIpc) is 3.06. The molecule has 0 radical (unpaired) electrons. The van der Waals surface area contributed by atoms with Gasteiger partial charge in [-0.15, -0.1) is 0 Å². The van der Waals surface area contributed by atoms with Gasteiger partial charge in [-0.1, -0.05) is 37.6 Å². The third-order valence-electron chi connectivity index (χ3n) is 3.54. The third-order valence-corrected chi connectivity index (χ3v) is 3.79. The number of hydrogen-bond acceptors (Lipinski definition) is 4. The fourth-order valence-electron chi connectivity index (χ4n) is 2.34. The summed E-state index contributed by atoms with van der Waals surface area (Å²) in [5.41, 5.74) is 0.815. The molecule has 1 aromatic heterocycles. The van der Waals surface area contributed by atoms with Gasteiger partial charge in [0.15, 0.2) is 6.61 Å². The van der Waals surface area contributed by atoms with E-state index >= 15 is 0 Å². The van der Waals surface area contributed by atoms with Crippen molar-refractivity contribution in [2.75, 3.05) is 6.61 Å². The monoisotopic (exact) mass is 349 g/mol. The third kappa shape index (κ3) is 5.13. The number of furan rings is 1. The number of carbonyl (C=O) groups excluding carboxylic acids is 2. The molecule has 0 saturated carbocycles. The lowest BCUT2D eigenvalue weighted by Crippen LogP contribution is -2.30. The molecule has 1 N–H and O–H groups in total. The number of benzene rings is 1. The number of nitrogens with one attached hydrogen (secondary N) is 1. The summed E-state index contributed by atoms with van der Waals surface area (Å²) < 4.78 is 10.3. The van der Waals surface area contributed by atoms with Crippen molar-refractivity contribution in [2.24, 2.45) is 5.92 Å². The first-order valence-electron chi connectivity index (χ1n) is 7.68. The van der Waals surface area contributed by atoms with Crippen LogP contribution < -0.4 is 5.32 Å². The smallest absolute Gasteiger partial charge is 0.314 e. The quantitative estimate of drug-likeness (QED) is 0.776. The van der Waals surface area contributed by atoms with Gasteiger partial charge in [0, 0.05) is 5.02 Å². The van der Waals surface area contributed by atoms with Crippen molar-refractivity contribution < 1.29 is 18.7 Å². The molecule has 0 spiro atoms. The average molecular weight is 350 g/mol. The molecule has 6 heteroatoms. The lowest BCUT2D eigenvalue weighted by molar-refractivity contribution is -0.151. The molecule has 2 aromatic rings. The maximum absolute atomic E-state index is 12.4. The summed E-state index contributed by atoms with van der Waals surface area (Å²) in [5.74, 6) is -0.584. The fraction of sp³-hybridized carbons (Fsp3) is 0.333. The van der Waals surface area contributed by atoms with E-state index in [2.05, 4.69) is 5.32 Å². The summed E-state index contributed by atoms with van der Waals surface area (Å²) in [6.07, 6.45) is 1.53. The summed E-state index contributed by atoms with van der Waals surface area (Å²) in [4.78, 5) is 24.1. The molecular weight excluding hydrogens is 330 g/mol. The molecule has 0 fully saturated rings. The molecule has 128 valence electrons. The Kier molecular flexibility index (Phi) is 6.44. The number of rotatable bonds is 7. The number of carbonyl (C=O) groups is 2. The second kappa shape index (κ2) is 8.55. The van der Waals surface area contributed by atoms with Crippen LogP contribution in [0.3, 0.4) is 0 Å². The SMILES string of the molecule is CC(C)[C@H](C(=O)OCC(=O)NCc1ccco1)c1ccc(Cl)cc1. The van der Waals surface area contributed by atoms with Crippen LogP contribution in [0.15, 0.2) is 47.1 Å². The maximum Gasteiger partial charge on any atom is 0.314 e. The standard InChI is InChI=1S/C18H20ClNO4/c1-12(2)17(13-5-7-14(19)8-6-13)18(22)24-11-16(21)20-10-15-4-3-9-23-15/h3-9,12,17H,10-11H2,1-2H3,(H,20,21)/t17-/m0/s1. The zero-order chi connectivity index (χ0) is 17.5. The van der Waals surface area contributed by atoms with Crippen molar-refractivity contribution in [1.82, 2.24) is 5.32 Å². The summed E-state index contributed by atoms with van der Waals surface area (Å²) in [6.45, 7) is 3.79. The van der Waals surface area contributed by atoms with Gasteiger partial charge in [-0.25, -0.2) is 0 Å². The van der Waals surface area contributed by atoms with Crippen LogP contribution in [0.4, 0.5) is 0 Å². The van der Waals surface area contributed by atoms with Crippen LogP contribution in [-0.4, -0.2) is 18.5 Å². The van der Waals surface area contributed by atoms with Gasteiger partial charge in [0.1, 0.15) is 5.76 Å². The molecule has 0 aliphatic rings. The van der Waals surface area contributed by atoms with Crippen molar-refractivity contribution in [3.63, 3.8) is 0 Å². The molecule has 5 nitrogen and oxygen atoms in total. The Morgan fingerprint density at radius 1 is 1.21 bits per heavy atom. The van der Waals surface area contributed by atoms with Crippen molar-refractivity contribution in [1.29, 1.82) is 0 Å². The van der Waals surface area contributed by atoms with E-state index in [9.17, 15) is 9.59 Å². The highest BCUT2D eigenvalue weighted by molar-refractivity contribution is 6.30. The Morgan fingerprint density at radius 2 is 1.92 bits per heavy atom. The van der Waals surface area contributed by atoms with Crippen LogP contribution in [0, 0.1) is 5.92 Å². The van der Waals surface area contributed by atoms with E-state index in [1.54, 1.807) is 36.4 Å². The van der Waals surface area contributed by atoms with E-state index in [1.165, 1.54) is 6.26 Å². The Labute approximate surface area is 145 Å². The van der Waals surface area contributed by atoms with Gasteiger partial charge in [-0.05, 0) is 35.7 Å². The van der Waals surface area contributed by atoms with Gasteiger partial charge >= 0.3 is 5.97 Å². The van der Waals surface area contributed by atoms with Crippen LogP contribution in [0.1, 0.15) is 31.1 Å². The van der Waals surface area contributed by atoms with Gasteiger partial charge in [-0.3, -0.25) is 9.59 Å². The summed E-state index contributed by atoms with van der Waals surface area (Å²) in [5, 5.41) is 3.23. The van der Waals surface area contributed by atoms with Crippen molar-refractivity contribution in [3.05, 3.63) is 59.0 Å². The first-order chi connectivity index (χ1) is 11.5. The first-order valence-corrected chi connectivity index (χ1v) is 8.06. The maximum atomic E-state index is 12.4. The Morgan fingerprint density at radius 3 is 2.50 bits per heavy atom. The van der Waals surface area contributed by atoms with Crippen LogP contribution in [0.25, 0.3) is 0 Å². The Hall–Kier alpha value is -2.27. The lowest BCUT2D eigenvalue weighted by atomic mass is 9.88. The zero-order valence-electron chi connectivity index (χ0n) is 13.6. The second-order valence-electron chi connectivity index (χ2n) is 5.74. The van der Waals surface area contributed by atoms with E-state index in [1.807, 2.05) is 13.8 Å². The van der Waals surface area contributed by atoms with Gasteiger partial charge in [0.2, 0.25) is 0 Å². The number of esters is 1. The normalized spacial score (nSPS) is 12.0. The molecule has 0 aliphatic carbocycles. The van der Waals surface area contributed by atoms with E-state index in [0.29, 0.717) is 10.8 Å². The van der Waals surface area contributed by atoms with Crippen molar-refractivity contribution in [2.45, 2.75) is 26.3 Å². The summed E-state index contributed by atoms with van der Waals surface area (Å²) in [7, 11) is 0. The molecule has 0 unspecified atom stereocenters. The van der Waals surface area contributed by atoms with Crippen LogP contribution in [-0.2, 0) is 20.9 Å². The molecule has 2 rings (SSSR count). The largest absolute Gasteiger partial charge is 0.467 e. The molecule has 1 amide bonds. The number of amides is 1. The number of halogens is 1. The fourth-order valence-corrected chi connectivity index (χ4v) is 2.47. The van der Waals surface area contributed by atoms with Gasteiger partial charge in [0.05, 0.1) is 18.7 Å². The predicted octanol–water partition coefficient (Wildman–Crippen LogP) is 3.53. The minimum absolute atomic E-state index is 0.0323. The minimum Gasteiger partial charge on any atom is -0.467 e. The molecule has 0 aliphatic heterocycles. The Balaban J connectivity index is 1.88. The van der Waals surface area contributed by atoms with E-state index in [0.717, 1.165) is 5.56 Å². The number of ether oxygens (including phenoxy) is 1. The zero-order valence-corrected chi connectivity index (χ0v) is 14.4. The minimum atomic E-state index is -0.444. The van der Waals surface area contributed by atoms with E-state index in [-0.39, 0.29) is 25.0 Å². The van der Waals surface area contributed by atoms with E-state index in [4.69, 9.17) is 20.8 Å². The highest BCUT2D eigenvalue weighted by Crippen LogP contribution is 2.27. The molecule has 1 atom stereocenters. The summed E-state index contributed by atoms with van der Waals surface area (Å²) >= 11 is 5.88. The topological polar surface area (TPSA) is 68.5 Å². The van der Waals surface area contributed by atoms with Gasteiger partial charge < -0.3 is 14.5 Å². The molecule has 24 heavy (non-hydrogen) atoms. The first kappa shape index (κ1) is 18.1. The molecule has 0 saturated heterocycles. The molecule has 0 bridgehead atoms. The molecular formula is C18H20ClNO4. The molecule has 1 heterocycles. The predicted molar refractivity (Wildman–Crippen MR) is 90.5 cm³/mol. The van der Waals surface area contributed by atoms with Crippen LogP contribution in [0.5, 0.6) is 0 Å². The van der Waals surface area contributed by atoms with Gasteiger partial charge in [-0.2, -0.15) is 0 Å². The Bertz CT molecular complexity index is 665. The summed E-state index contributed by atoms with van der Waals surface area (Å²) in [6, 6.07) is 10.5. The van der Waals surface area contributed by atoms with Crippen molar-refractivity contribution >= 4 is 23.5 Å². The van der Waals surface area contributed by atoms with E-state index < -0.39 is 11.9 Å². The number of hydrogen-bond donors (Lipinski definition) is 1. The van der Waals surface area contributed by atoms with Crippen LogP contribution in [0.2, 0.25) is 5.02 Å². The van der Waals surface area contributed by atoms with Crippen LogP contribution >= 0.6 is 11.6 Å². The highest BCUT2D eigenvalue weighted by Gasteiger charge is 2.26. The molecule has 1 aromatic carbocycles. The lowest BCUT2D eigenvalue weighted by Gasteiger charge is -2.19. The van der Waals surface area contributed by atoms with Crippen molar-refractivity contribution in [3.8, 4) is 0 Å². The highest BCUT2D eigenvalue weighted by atomic mass is 35.5.